The molecule has 2 amide bonds. The molecule has 0 spiro atoms. The van der Waals surface area contributed by atoms with Crippen LogP contribution in [0.1, 0.15) is 6.92 Å². The van der Waals surface area contributed by atoms with Crippen molar-refractivity contribution in [3.63, 3.8) is 0 Å². The van der Waals surface area contributed by atoms with Crippen molar-refractivity contribution >= 4 is 40.6 Å². The van der Waals surface area contributed by atoms with Crippen LogP contribution in [0.4, 0.5) is 5.69 Å². The fraction of sp³-hybridized carbons (Fsp3) is 0.200. The standard InChI is InChI=1S/C15H14ClN5O3/c1-6-10(12-11(15(23)18-6)13(17)21-20-12)14(22)19-8-5-7(16)3-4-9(8)24-2/h3-5,11H,1-2H3,(H2,17,21)(H,18,23)(H,19,22). The monoisotopic (exact) mass is 347 g/mol. The molecule has 124 valence electrons. The maximum atomic E-state index is 12.7. The van der Waals surface area contributed by atoms with E-state index >= 15 is 0 Å². The van der Waals surface area contributed by atoms with Gasteiger partial charge < -0.3 is 21.1 Å². The van der Waals surface area contributed by atoms with Crippen molar-refractivity contribution in [1.82, 2.24) is 5.32 Å². The van der Waals surface area contributed by atoms with Gasteiger partial charge in [-0.15, -0.1) is 5.10 Å². The third-order valence-electron chi connectivity index (χ3n) is 3.68. The summed E-state index contributed by atoms with van der Waals surface area (Å²) in [5, 5.41) is 13.4. The van der Waals surface area contributed by atoms with Gasteiger partial charge in [0.25, 0.3) is 5.91 Å². The van der Waals surface area contributed by atoms with Crippen molar-refractivity contribution < 1.29 is 14.3 Å². The number of carbonyl (C=O) groups excluding carboxylic acids is 2. The van der Waals surface area contributed by atoms with Crippen LogP contribution in [0.25, 0.3) is 0 Å². The Morgan fingerprint density at radius 1 is 1.42 bits per heavy atom. The van der Waals surface area contributed by atoms with Gasteiger partial charge in [0.05, 0.1) is 24.1 Å². The number of benzene rings is 1. The van der Waals surface area contributed by atoms with Crippen LogP contribution in [0, 0.1) is 5.92 Å². The number of allylic oxidation sites excluding steroid dienone is 1. The second kappa shape index (κ2) is 5.97. The quantitative estimate of drug-likeness (QED) is 0.756. The van der Waals surface area contributed by atoms with Crippen LogP contribution in [0.15, 0.2) is 39.7 Å². The van der Waals surface area contributed by atoms with E-state index in [4.69, 9.17) is 22.1 Å². The van der Waals surface area contributed by atoms with E-state index in [-0.39, 0.29) is 23.0 Å². The van der Waals surface area contributed by atoms with Gasteiger partial charge in [-0.2, -0.15) is 5.10 Å². The minimum atomic E-state index is -0.851. The number of fused-ring (bicyclic) bond motifs is 1. The SMILES string of the molecule is COc1ccc(Cl)cc1NC(=O)C1=C(C)NC(=O)C2C(N)=NN=C12. The molecule has 2 aliphatic heterocycles. The molecule has 1 atom stereocenters. The molecule has 9 heteroatoms. The number of nitrogens with zero attached hydrogens (tertiary/aromatic N) is 2. The van der Waals surface area contributed by atoms with Crippen LogP contribution >= 0.6 is 11.6 Å². The van der Waals surface area contributed by atoms with Crippen LogP contribution in [-0.4, -0.2) is 30.5 Å². The number of methoxy groups -OCH3 is 1. The number of nitrogens with two attached hydrogens (primary N) is 1. The normalized spacial score (nSPS) is 19.3. The molecule has 0 fully saturated rings. The second-order valence-electron chi connectivity index (χ2n) is 5.23. The number of halogens is 1. The van der Waals surface area contributed by atoms with Crippen molar-refractivity contribution in [2.45, 2.75) is 6.92 Å². The van der Waals surface area contributed by atoms with Crippen molar-refractivity contribution in [3.05, 3.63) is 34.5 Å². The molecule has 1 aromatic rings. The van der Waals surface area contributed by atoms with E-state index in [2.05, 4.69) is 20.8 Å². The molecule has 0 saturated carbocycles. The number of hydrogen-bond acceptors (Lipinski definition) is 6. The molecule has 1 aromatic carbocycles. The fourth-order valence-electron chi connectivity index (χ4n) is 2.58. The highest BCUT2D eigenvalue weighted by Gasteiger charge is 2.41. The molecular formula is C15H14ClN5O3. The fourth-order valence-corrected chi connectivity index (χ4v) is 2.75. The van der Waals surface area contributed by atoms with Gasteiger partial charge in [-0.1, -0.05) is 11.6 Å². The summed E-state index contributed by atoms with van der Waals surface area (Å²) in [5.74, 6) is -1.17. The number of nitrogens with one attached hydrogen (secondary N) is 2. The number of hydrogen-bond donors (Lipinski definition) is 3. The van der Waals surface area contributed by atoms with E-state index in [0.717, 1.165) is 0 Å². The minimum absolute atomic E-state index is 0.0561. The first kappa shape index (κ1) is 16.0. The third kappa shape index (κ3) is 2.61. The van der Waals surface area contributed by atoms with Crippen LogP contribution < -0.4 is 21.1 Å². The summed E-state index contributed by atoms with van der Waals surface area (Å²) in [6, 6.07) is 4.85. The van der Waals surface area contributed by atoms with E-state index in [1.165, 1.54) is 7.11 Å². The van der Waals surface area contributed by atoms with Gasteiger partial charge in [-0.05, 0) is 25.1 Å². The molecule has 8 nitrogen and oxygen atoms in total. The molecule has 0 radical (unpaired) electrons. The largest absolute Gasteiger partial charge is 0.495 e. The zero-order valence-electron chi connectivity index (χ0n) is 12.9. The van der Waals surface area contributed by atoms with Crippen molar-refractivity contribution in [3.8, 4) is 5.75 Å². The molecule has 0 aromatic heterocycles. The summed E-state index contributed by atoms with van der Waals surface area (Å²) in [7, 11) is 1.48. The highest BCUT2D eigenvalue weighted by Crippen LogP contribution is 2.30. The summed E-state index contributed by atoms with van der Waals surface area (Å²) in [4.78, 5) is 24.7. The number of amides is 2. The maximum absolute atomic E-state index is 12.7. The summed E-state index contributed by atoms with van der Waals surface area (Å²) >= 11 is 5.96. The predicted octanol–water partition coefficient (Wildman–Crippen LogP) is 1.03. The number of carbonyl (C=O) groups is 2. The molecule has 2 heterocycles. The number of rotatable bonds is 3. The zero-order chi connectivity index (χ0) is 17.4. The van der Waals surface area contributed by atoms with Gasteiger partial charge in [0.1, 0.15) is 17.5 Å². The first-order chi connectivity index (χ1) is 11.4. The highest BCUT2D eigenvalue weighted by molar-refractivity contribution is 6.38. The molecule has 0 bridgehead atoms. The molecule has 0 aliphatic carbocycles. The molecule has 2 aliphatic rings. The van der Waals surface area contributed by atoms with Gasteiger partial charge >= 0.3 is 0 Å². The van der Waals surface area contributed by atoms with Gasteiger partial charge in [0, 0.05) is 10.7 Å². The Balaban J connectivity index is 1.94. The van der Waals surface area contributed by atoms with Crippen LogP contribution in [0.2, 0.25) is 5.02 Å². The Hall–Kier alpha value is -2.87. The van der Waals surface area contributed by atoms with Crippen molar-refractivity contribution in [1.29, 1.82) is 0 Å². The average molecular weight is 348 g/mol. The Morgan fingerprint density at radius 3 is 2.88 bits per heavy atom. The molecule has 24 heavy (non-hydrogen) atoms. The number of anilines is 1. The maximum Gasteiger partial charge on any atom is 0.259 e. The molecular weight excluding hydrogens is 334 g/mol. The summed E-state index contributed by atoms with van der Waals surface area (Å²) in [5.41, 5.74) is 6.90. The van der Waals surface area contributed by atoms with Gasteiger partial charge in [0.2, 0.25) is 5.91 Å². The van der Waals surface area contributed by atoms with E-state index in [1.54, 1.807) is 25.1 Å². The molecule has 0 saturated heterocycles. The minimum Gasteiger partial charge on any atom is -0.495 e. The van der Waals surface area contributed by atoms with Gasteiger partial charge in [0.15, 0.2) is 0 Å². The third-order valence-corrected chi connectivity index (χ3v) is 3.92. The van der Waals surface area contributed by atoms with Crippen molar-refractivity contribution in [2.75, 3.05) is 12.4 Å². The van der Waals surface area contributed by atoms with Crippen LogP contribution in [-0.2, 0) is 9.59 Å². The molecule has 3 rings (SSSR count). The highest BCUT2D eigenvalue weighted by atomic mass is 35.5. The van der Waals surface area contributed by atoms with E-state index < -0.39 is 11.8 Å². The number of amidine groups is 1. The Bertz CT molecular complexity index is 844. The zero-order valence-corrected chi connectivity index (χ0v) is 13.6. The first-order valence-corrected chi connectivity index (χ1v) is 7.38. The summed E-state index contributed by atoms with van der Waals surface area (Å²) in [6.07, 6.45) is 0. The van der Waals surface area contributed by atoms with E-state index in [9.17, 15) is 9.59 Å². The Morgan fingerprint density at radius 2 is 2.17 bits per heavy atom. The Kier molecular flexibility index (Phi) is 3.98. The smallest absolute Gasteiger partial charge is 0.259 e. The number of ether oxygens (including phenoxy) is 1. The lowest BCUT2D eigenvalue weighted by Crippen LogP contribution is -2.47. The summed E-state index contributed by atoms with van der Waals surface area (Å²) < 4.78 is 5.20. The van der Waals surface area contributed by atoms with E-state index in [1.807, 2.05) is 0 Å². The lowest BCUT2D eigenvalue weighted by molar-refractivity contribution is -0.120. The Labute approximate surface area is 142 Å². The first-order valence-electron chi connectivity index (χ1n) is 7.00. The van der Waals surface area contributed by atoms with Crippen LogP contribution in [0.3, 0.4) is 0 Å². The molecule has 1 unspecified atom stereocenters. The predicted molar refractivity (Wildman–Crippen MR) is 90.0 cm³/mol. The van der Waals surface area contributed by atoms with Gasteiger partial charge in [-0.25, -0.2) is 0 Å². The molecule has 4 N–H and O–H groups in total. The van der Waals surface area contributed by atoms with E-state index in [0.29, 0.717) is 22.2 Å². The van der Waals surface area contributed by atoms with Crippen molar-refractivity contribution in [2.24, 2.45) is 21.9 Å². The topological polar surface area (TPSA) is 118 Å². The second-order valence-corrected chi connectivity index (χ2v) is 5.67. The lowest BCUT2D eigenvalue weighted by atomic mass is 9.90. The lowest BCUT2D eigenvalue weighted by Gasteiger charge is -2.23. The summed E-state index contributed by atoms with van der Waals surface area (Å²) in [6.45, 7) is 1.61. The van der Waals surface area contributed by atoms with Gasteiger partial charge in [-0.3, -0.25) is 9.59 Å². The average Bonchev–Trinajstić information content (AvgIpc) is 2.89. The van der Waals surface area contributed by atoms with Crippen LogP contribution in [0.5, 0.6) is 5.75 Å².